The predicted molar refractivity (Wildman–Crippen MR) is 363 cm³/mol. The Morgan fingerprint density at radius 2 is 0.622 bits per heavy atom. The molecule has 5 heterocycles. The quantitative estimate of drug-likeness (QED) is 0.0380. The number of nitrogen functional groups attached to an aromatic ring is 8. The van der Waals surface area contributed by atoms with Crippen molar-refractivity contribution in [2.24, 2.45) is 0 Å². The molecule has 0 saturated carbocycles. The van der Waals surface area contributed by atoms with E-state index in [0.29, 0.717) is 75.4 Å². The molecule has 35 heteroatoms. The van der Waals surface area contributed by atoms with Gasteiger partial charge in [-0.05, 0) is 124 Å². The molecule has 23 N–H and O–H groups in total. The zero-order chi connectivity index (χ0) is 65.1. The van der Waals surface area contributed by atoms with E-state index in [1.807, 2.05) is 119 Å². The van der Waals surface area contributed by atoms with Crippen molar-refractivity contribution in [1.82, 2.24) is 74.8 Å². The summed E-state index contributed by atoms with van der Waals surface area (Å²) in [4.78, 5) is 59.0. The van der Waals surface area contributed by atoms with E-state index in [1.54, 1.807) is 30.3 Å². The molecule has 0 unspecified atom stereocenters. The van der Waals surface area contributed by atoms with Crippen LogP contribution in [0.1, 0.15) is 44.4 Å². The fourth-order valence-corrected chi connectivity index (χ4v) is 7.82. The van der Waals surface area contributed by atoms with E-state index in [2.05, 4.69) is 112 Å². The van der Waals surface area contributed by atoms with Crippen molar-refractivity contribution < 1.29 is 0 Å². The van der Waals surface area contributed by atoms with Crippen LogP contribution in [-0.4, -0.2) is 93.4 Å². The van der Waals surface area contributed by atoms with E-state index in [1.165, 1.54) is 0 Å². The lowest BCUT2D eigenvalue weighted by Gasteiger charge is -2.10. The van der Waals surface area contributed by atoms with Gasteiger partial charge in [0.2, 0.25) is 89.2 Å². The van der Waals surface area contributed by atoms with Crippen molar-refractivity contribution in [1.29, 1.82) is 0 Å². The third-order valence-electron chi connectivity index (χ3n) is 10.6. The van der Waals surface area contributed by atoms with Gasteiger partial charge in [0.15, 0.2) is 0 Å². The van der Waals surface area contributed by atoms with Crippen LogP contribution < -0.4 is 83.1 Å². The molecule has 5 aromatic carbocycles. The fraction of sp³-hybridized carbons (Fsp3) is 0.182. The molecule has 0 spiro atoms. The largest absolute Gasteiger partial charge is 0.368 e. The van der Waals surface area contributed by atoms with Crippen LogP contribution in [0.3, 0.4) is 0 Å². The Morgan fingerprint density at radius 1 is 0.311 bits per heavy atom. The number of nitrogens with zero attached hydrogens (tertiary/aromatic N) is 15. The van der Waals surface area contributed by atoms with Gasteiger partial charge in [-0.3, -0.25) is 0 Å². The molecule has 0 fully saturated rings. The number of hydrogen-bond acceptors (Lipinski definition) is 30. The third-order valence-corrected chi connectivity index (χ3v) is 11.8. The van der Waals surface area contributed by atoms with Crippen molar-refractivity contribution in [3.05, 3.63) is 163 Å². The third kappa shape index (κ3) is 26.3. The van der Waals surface area contributed by atoms with E-state index in [4.69, 9.17) is 104 Å². The SMILES string of the molecule is CC(C)Nc1nc(N)nc(NCc2ccc(Cl)cc2)n1.CC(C)Nc1nc(N)nc(Nc2cccc(Cl)c2)n1.Nc1nc(N)nc(NCCc2cccc(Cl)c2)n1.Nc1nc(N)nc(NCc2ccc(Cl)cc2)n1.Nc1nc(N)nc(Nc2cccc(Cl)c2)n1. The molecule has 30 nitrogen and oxygen atoms in total. The Kier molecular flexibility index (Phi) is 26.6. The first-order valence-electron chi connectivity index (χ1n) is 26.8. The number of aromatic nitrogens is 15. The zero-order valence-electron chi connectivity index (χ0n) is 48.7. The van der Waals surface area contributed by atoms with Crippen LogP contribution in [0.5, 0.6) is 0 Å². The fourth-order valence-electron chi connectivity index (χ4n) is 6.98. The van der Waals surface area contributed by atoms with Crippen molar-refractivity contribution in [3.8, 4) is 0 Å². The summed E-state index contributed by atoms with van der Waals surface area (Å²) < 4.78 is 0. The van der Waals surface area contributed by atoms with Crippen molar-refractivity contribution in [3.63, 3.8) is 0 Å². The molecule has 5 aromatic heterocycles. The molecule has 10 rings (SSSR count). The van der Waals surface area contributed by atoms with Crippen LogP contribution in [0.2, 0.25) is 25.1 Å². The van der Waals surface area contributed by atoms with Gasteiger partial charge >= 0.3 is 0 Å². The number of anilines is 17. The number of nitrogens with one attached hydrogen (secondary N) is 7. The van der Waals surface area contributed by atoms with Gasteiger partial charge in [-0.25, -0.2) is 0 Å². The number of nitrogens with two attached hydrogens (primary N) is 8. The van der Waals surface area contributed by atoms with E-state index in [0.717, 1.165) is 39.5 Å². The number of halogens is 5. The molecule has 470 valence electrons. The summed E-state index contributed by atoms with van der Waals surface area (Å²) in [7, 11) is 0. The van der Waals surface area contributed by atoms with Crippen LogP contribution in [-0.2, 0) is 19.5 Å². The highest BCUT2D eigenvalue weighted by atomic mass is 35.5. The summed E-state index contributed by atoms with van der Waals surface area (Å²) in [5, 5.41) is 24.6. The first-order chi connectivity index (χ1) is 42.9. The smallest absolute Gasteiger partial charge is 0.233 e. The molecule has 0 aliphatic heterocycles. The van der Waals surface area contributed by atoms with Gasteiger partial charge in [0.1, 0.15) is 0 Å². The first kappa shape index (κ1) is 68.7. The zero-order valence-corrected chi connectivity index (χ0v) is 52.5. The summed E-state index contributed by atoms with van der Waals surface area (Å²) in [6, 6.07) is 37.5. The molecule has 0 aliphatic carbocycles. The Balaban J connectivity index is 0.000000179. The van der Waals surface area contributed by atoms with Gasteiger partial charge < -0.3 is 83.1 Å². The maximum Gasteiger partial charge on any atom is 0.233 e. The van der Waals surface area contributed by atoms with Crippen LogP contribution in [0.25, 0.3) is 0 Å². The van der Waals surface area contributed by atoms with Crippen LogP contribution in [0.4, 0.5) is 101 Å². The lowest BCUT2D eigenvalue weighted by molar-refractivity contribution is 0.867. The monoisotopic (exact) mass is 1320 g/mol. The van der Waals surface area contributed by atoms with Crippen molar-refractivity contribution in [2.75, 3.05) is 89.6 Å². The summed E-state index contributed by atoms with van der Waals surface area (Å²) >= 11 is 29.3. The first-order valence-corrected chi connectivity index (χ1v) is 28.7. The topological polar surface area (TPSA) is 486 Å². The van der Waals surface area contributed by atoms with Gasteiger partial charge in [-0.1, -0.05) is 107 Å². The van der Waals surface area contributed by atoms with Crippen LogP contribution >= 0.6 is 58.0 Å². The average Bonchev–Trinajstić information content (AvgIpc) is 1.80. The number of rotatable bonds is 18. The lowest BCUT2D eigenvalue weighted by Crippen LogP contribution is -2.15. The molecule has 10 aromatic rings. The molecule has 0 bridgehead atoms. The van der Waals surface area contributed by atoms with E-state index in [9.17, 15) is 0 Å². The highest BCUT2D eigenvalue weighted by Crippen LogP contribution is 2.21. The predicted octanol–water partition coefficient (Wildman–Crippen LogP) is 9.29. The Morgan fingerprint density at radius 3 is 1.00 bits per heavy atom. The standard InChI is InChI=1S/C13H17ClN6.C12H15ClN6.C11H13ClN6.C10H11ClN6.C9H9ClN6/c1-8(2)17-13-19-11(15)18-12(20-13)16-7-9-3-5-10(14)6-4-9;1-7(2)15-11-17-10(14)18-12(19-11)16-9-5-3-4-8(13)6-9;12-8-3-1-2-7(6-8)4-5-15-11-17-9(13)16-10(14)18-11;11-7-3-1-6(2-4-7)5-14-10-16-8(12)15-9(13)17-10;10-5-2-1-3-6(4-5)13-9-15-7(11)14-8(12)16-9/h3-6,8H,7H2,1-2H3,(H4,15,16,17,18,19,20);3-7H,1-2H3,(H4,14,15,16,17,18,19);1-3,6H,4-5H2,(H5,13,14,15,16,17,18);1-4H,5H2,(H5,12,13,14,15,16,17);1-4H,(H5,11,12,13,14,15,16). The lowest BCUT2D eigenvalue weighted by atomic mass is 10.1. The van der Waals surface area contributed by atoms with Gasteiger partial charge in [0.25, 0.3) is 0 Å². The molecule has 0 aliphatic rings. The van der Waals surface area contributed by atoms with E-state index in [-0.39, 0.29) is 65.6 Å². The molecule has 0 atom stereocenters. The molecule has 0 amide bonds. The second kappa shape index (κ2) is 34.8. The second-order valence-corrected chi connectivity index (χ2v) is 21.1. The highest BCUT2D eigenvalue weighted by molar-refractivity contribution is 6.31. The van der Waals surface area contributed by atoms with Crippen LogP contribution in [0, 0.1) is 0 Å². The summed E-state index contributed by atoms with van der Waals surface area (Å²) in [5.41, 5.74) is 48.8. The number of hydrogen-bond donors (Lipinski definition) is 15. The minimum atomic E-state index is 0.0667. The van der Waals surface area contributed by atoms with Crippen LogP contribution in [0.15, 0.2) is 121 Å². The molecule has 0 saturated heterocycles. The van der Waals surface area contributed by atoms with Crippen molar-refractivity contribution in [2.45, 2.75) is 59.3 Å². The average molecular weight is 1320 g/mol. The van der Waals surface area contributed by atoms with E-state index >= 15 is 0 Å². The van der Waals surface area contributed by atoms with Gasteiger partial charge in [-0.2, -0.15) is 74.8 Å². The Hall–Kier alpha value is -10.4. The Bertz CT molecular complexity index is 3810. The van der Waals surface area contributed by atoms with Gasteiger partial charge in [0, 0.05) is 68.2 Å². The summed E-state index contributed by atoms with van der Waals surface area (Å²) in [6.07, 6.45) is 0.798. The van der Waals surface area contributed by atoms with Gasteiger partial charge in [0.05, 0.1) is 0 Å². The van der Waals surface area contributed by atoms with Crippen molar-refractivity contribution >= 4 is 159 Å². The minimum absolute atomic E-state index is 0.0667. The normalized spacial score (nSPS) is 10.3. The maximum absolute atomic E-state index is 5.91. The second-order valence-electron chi connectivity index (χ2n) is 18.9. The minimum Gasteiger partial charge on any atom is -0.368 e. The molecule has 0 radical (unpaired) electrons. The molecular weight excluding hydrogens is 1260 g/mol. The summed E-state index contributed by atoms with van der Waals surface area (Å²) in [5.74, 6) is 3.59. The molecular formula is C55H65Cl5N30. The highest BCUT2D eigenvalue weighted by Gasteiger charge is 2.09. The Labute approximate surface area is 542 Å². The number of benzene rings is 5. The molecule has 90 heavy (non-hydrogen) atoms. The van der Waals surface area contributed by atoms with Gasteiger partial charge in [-0.15, -0.1) is 0 Å². The van der Waals surface area contributed by atoms with E-state index < -0.39 is 0 Å². The maximum atomic E-state index is 5.91. The summed E-state index contributed by atoms with van der Waals surface area (Å²) in [6.45, 7) is 9.78.